The molecule has 0 aliphatic carbocycles. The Morgan fingerprint density at radius 2 is 0.624 bits per heavy atom. The van der Waals surface area contributed by atoms with Crippen LogP contribution in [0.1, 0.15) is 0 Å². The van der Waals surface area contributed by atoms with E-state index in [4.69, 9.17) is 4.74 Å². The molecule has 4 aliphatic rings. The predicted molar refractivity (Wildman–Crippen MR) is 432 cm³/mol. The molecule has 101 heavy (non-hydrogen) atoms. The Balaban J connectivity index is 0.828. The third kappa shape index (κ3) is 9.05. The van der Waals surface area contributed by atoms with Crippen molar-refractivity contribution in [2.24, 2.45) is 0 Å². The van der Waals surface area contributed by atoms with E-state index < -0.39 is 61.3 Å². The number of ether oxygens (including phenoxy) is 1. The summed E-state index contributed by atoms with van der Waals surface area (Å²) in [5, 5.41) is 8.11. The molecule has 22 rings (SSSR count). The summed E-state index contributed by atoms with van der Waals surface area (Å²) in [6.45, 7) is -0.380. The molecule has 0 fully saturated rings. The molecule has 18 aromatic rings. The van der Waals surface area contributed by atoms with Crippen molar-refractivity contribution in [1.29, 1.82) is 0 Å². The van der Waals surface area contributed by atoms with Gasteiger partial charge in [-0.15, -0.1) is 0 Å². The molecule has 11 heteroatoms. The van der Waals surface area contributed by atoms with E-state index in [1.54, 1.807) is 0 Å². The number of anilines is 15. The van der Waals surface area contributed by atoms with Crippen molar-refractivity contribution in [3.05, 3.63) is 334 Å². The van der Waals surface area contributed by atoms with E-state index in [2.05, 4.69) is 358 Å². The minimum atomic E-state index is -0.595. The summed E-state index contributed by atoms with van der Waals surface area (Å²) in [5.74, 6) is 1.70. The molecule has 3 aromatic heterocycles. The van der Waals surface area contributed by atoms with E-state index in [0.717, 1.165) is 108 Å². The molecule has 6 nitrogen and oxygen atoms in total. The normalized spacial score (nSPS) is 13.1. The number of para-hydroxylation sites is 6. The van der Waals surface area contributed by atoms with Gasteiger partial charge in [-0.25, -0.2) is 0 Å². The van der Waals surface area contributed by atoms with E-state index in [-0.39, 0.29) is 13.4 Å². The van der Waals surface area contributed by atoms with E-state index in [9.17, 15) is 0 Å². The van der Waals surface area contributed by atoms with Crippen molar-refractivity contribution in [2.75, 3.05) is 24.5 Å². The van der Waals surface area contributed by atoms with Crippen molar-refractivity contribution in [2.45, 2.75) is 0 Å². The van der Waals surface area contributed by atoms with Gasteiger partial charge in [-0.05, 0) is 0 Å². The second-order valence-electron chi connectivity index (χ2n) is 26.7. The predicted octanol–water partition coefficient (Wildman–Crippen LogP) is 19.2. The molecule has 7 heterocycles. The van der Waals surface area contributed by atoms with Crippen molar-refractivity contribution < 1.29 is 4.74 Å². The Morgan fingerprint density at radius 3 is 1.16 bits per heavy atom. The number of hydrogen-bond acceptors (Lipinski definition) is 6. The summed E-state index contributed by atoms with van der Waals surface area (Å²) in [4.78, 5) is 12.6. The molecule has 0 radical (unpaired) electrons. The summed E-state index contributed by atoms with van der Waals surface area (Å²) in [6.07, 6.45) is 0. The monoisotopic (exact) mass is 1630 g/mol. The van der Waals surface area contributed by atoms with Gasteiger partial charge < -0.3 is 0 Å². The average molecular weight is 1630 g/mol. The van der Waals surface area contributed by atoms with E-state index in [0.29, 0.717) is 0 Å². The zero-order valence-corrected chi connectivity index (χ0v) is 61.3. The summed E-state index contributed by atoms with van der Waals surface area (Å²) in [7, 11) is 0. The fraction of sp³-hybridized carbons (Fsp3) is 0. The first-order valence-corrected chi connectivity index (χ1v) is 41.4. The standard InChI is InChI=1S/C90H55B2N5OTe3/c1-5-23-56(24-6-1)93(57-25-7-2-8-26-57)63-50-78-89-79(51-63)97(62-43-46-88-70(49-62)67-33-15-22-40-85(67)101-88)77-55-81-74(54-73(77)91(89)71-34-16-18-36-75(71)95(78)59-29-11-4-12-30-59)92-72-35-17-19-37-76(72)96(61-42-45-87-69(48-61)66-32-14-21-39-84(66)100-87)80-52-64(53-82(98-81)90(80)92)94(58-27-9-3-10-28-58)60-41-44-86-68(47-60)65-31-13-20-38-83(65)99-86/h1-55H. The molecule has 15 aromatic carbocycles. The zero-order chi connectivity index (χ0) is 66.0. The Bertz CT molecular complexity index is 6420. The van der Waals surface area contributed by atoms with Crippen LogP contribution < -0.4 is 62.0 Å². The molecule has 4 aliphatic heterocycles. The minimum absolute atomic E-state index is 0.178. The van der Waals surface area contributed by atoms with Crippen molar-refractivity contribution in [1.82, 2.24) is 0 Å². The van der Waals surface area contributed by atoms with Crippen LogP contribution in [0.2, 0.25) is 0 Å². The van der Waals surface area contributed by atoms with Crippen LogP contribution in [0.25, 0.3) is 52.7 Å². The van der Waals surface area contributed by atoms with Gasteiger partial charge in [-0.3, -0.25) is 0 Å². The molecule has 0 atom stereocenters. The van der Waals surface area contributed by atoms with Crippen molar-refractivity contribution in [3.8, 4) is 11.5 Å². The summed E-state index contributed by atoms with van der Waals surface area (Å²) >= 11 is -1.67. The molecule has 0 saturated heterocycles. The fourth-order valence-corrected chi connectivity index (χ4v) is 26.3. The number of rotatable bonds is 9. The van der Waals surface area contributed by atoms with Gasteiger partial charge in [0, 0.05) is 0 Å². The Morgan fingerprint density at radius 1 is 0.228 bits per heavy atom. The topological polar surface area (TPSA) is 25.4 Å². The van der Waals surface area contributed by atoms with Crippen LogP contribution in [0, 0.1) is 0 Å². The molecule has 0 amide bonds. The number of benzene rings is 15. The van der Waals surface area contributed by atoms with Crippen LogP contribution in [0.5, 0.6) is 11.5 Å². The molecule has 0 N–H and O–H groups in total. The first kappa shape index (κ1) is 58.4. The van der Waals surface area contributed by atoms with Gasteiger partial charge in [-0.1, -0.05) is 18.2 Å². The van der Waals surface area contributed by atoms with Gasteiger partial charge in [-0.2, -0.15) is 0 Å². The van der Waals surface area contributed by atoms with Gasteiger partial charge in [0.2, 0.25) is 0 Å². The van der Waals surface area contributed by atoms with Crippen LogP contribution in [-0.4, -0.2) is 74.7 Å². The summed E-state index contributed by atoms with van der Waals surface area (Å²) < 4.78 is 17.0. The van der Waals surface area contributed by atoms with Crippen LogP contribution >= 0.6 is 0 Å². The maximum atomic E-state index is 8.03. The second kappa shape index (κ2) is 23.1. The Labute approximate surface area is 614 Å². The van der Waals surface area contributed by atoms with E-state index >= 15 is 0 Å². The molecule has 0 spiro atoms. The Kier molecular flexibility index (Phi) is 13.3. The molecule has 0 unspecified atom stereocenters. The fourth-order valence-electron chi connectivity index (χ4n) is 17.0. The molecular weight excluding hydrogens is 1570 g/mol. The number of nitrogens with zero attached hydrogens (tertiary/aromatic N) is 5. The van der Waals surface area contributed by atoms with Crippen LogP contribution in [-0.2, 0) is 0 Å². The maximum absolute atomic E-state index is 8.03. The summed E-state index contributed by atoms with van der Waals surface area (Å²) in [5.41, 5.74) is 23.9. The van der Waals surface area contributed by atoms with E-state index in [1.165, 1.54) is 74.6 Å². The van der Waals surface area contributed by atoms with Crippen LogP contribution in [0.3, 0.4) is 0 Å². The average Bonchev–Trinajstić information content (AvgIpc) is 1.68. The van der Waals surface area contributed by atoms with Gasteiger partial charge in [0.25, 0.3) is 0 Å². The molecule has 0 saturated carbocycles. The first-order valence-electron chi connectivity index (χ1n) is 34.4. The summed E-state index contributed by atoms with van der Waals surface area (Å²) in [6, 6.07) is 126. The quantitative estimate of drug-likeness (QED) is 0.134. The van der Waals surface area contributed by atoms with Gasteiger partial charge >= 0.3 is 602 Å². The third-order valence-corrected chi connectivity index (χ3v) is 31.0. The zero-order valence-electron chi connectivity index (χ0n) is 54.3. The van der Waals surface area contributed by atoms with E-state index in [1.807, 2.05) is 0 Å². The number of fused-ring (bicyclic) bond motifs is 17. The number of hydrogen-bond donors (Lipinski definition) is 0. The van der Waals surface area contributed by atoms with Gasteiger partial charge in [0.05, 0.1) is 0 Å². The third-order valence-electron chi connectivity index (χ3n) is 21.2. The van der Waals surface area contributed by atoms with Crippen molar-refractivity contribution >= 4 is 246 Å². The SMILES string of the molecule is c1ccc(N(c2ccccc2)c2cc3c4c(c2)N(c2ccc5[te]c6ccccc6c5c2)c2cc5c(cc2B4c2ccccc2N3c2ccccc2)B2c3ccccc3N(c3ccc4[te]c6ccccc6c4c3)c3cc(N(c4ccccc4)c4ccc6[te]c7ccccc7c6c4)cc(c32)O5)cc1. The first-order chi connectivity index (χ1) is 50.1. The van der Waals surface area contributed by atoms with Crippen LogP contribution in [0.15, 0.2) is 334 Å². The van der Waals surface area contributed by atoms with Crippen molar-refractivity contribution in [3.63, 3.8) is 0 Å². The molecular formula is C90H55B2N5OTe3. The molecule has 0 bridgehead atoms. The Hall–Kier alpha value is -10.4. The second-order valence-corrected chi connectivity index (χ2v) is 35.9. The molecule has 470 valence electrons. The van der Waals surface area contributed by atoms with Crippen LogP contribution in [0.4, 0.5) is 85.3 Å². The van der Waals surface area contributed by atoms with Gasteiger partial charge in [0.1, 0.15) is 0 Å². The van der Waals surface area contributed by atoms with Gasteiger partial charge in [0.15, 0.2) is 0 Å².